The molecule has 0 spiro atoms. The Morgan fingerprint density at radius 1 is 1.41 bits per heavy atom. The highest BCUT2D eigenvalue weighted by Crippen LogP contribution is 2.18. The molecule has 3 heteroatoms. The summed E-state index contributed by atoms with van der Waals surface area (Å²) in [5, 5.41) is 3.60. The molecule has 1 atom stereocenters. The molecule has 0 aliphatic carbocycles. The van der Waals surface area contributed by atoms with E-state index < -0.39 is 0 Å². The second-order valence-corrected chi connectivity index (χ2v) is 5.62. The first-order valence-electron chi connectivity index (χ1n) is 6.48. The van der Waals surface area contributed by atoms with Gasteiger partial charge in [0.25, 0.3) is 0 Å². The van der Waals surface area contributed by atoms with Gasteiger partial charge in [0, 0.05) is 36.7 Å². The van der Waals surface area contributed by atoms with Gasteiger partial charge >= 0.3 is 0 Å². The van der Waals surface area contributed by atoms with Crippen LogP contribution in [0.5, 0.6) is 0 Å². The maximum Gasteiger partial charge on any atom is 0.0246 e. The fourth-order valence-corrected chi connectivity index (χ4v) is 2.86. The average molecular weight is 297 g/mol. The summed E-state index contributed by atoms with van der Waals surface area (Å²) in [6.45, 7) is 6.77. The zero-order valence-corrected chi connectivity index (χ0v) is 12.0. The van der Waals surface area contributed by atoms with Crippen molar-refractivity contribution in [2.45, 2.75) is 32.4 Å². The lowest BCUT2D eigenvalue weighted by Gasteiger charge is -2.33. The first-order valence-corrected chi connectivity index (χ1v) is 7.28. The van der Waals surface area contributed by atoms with Crippen molar-refractivity contribution in [3.8, 4) is 0 Å². The third kappa shape index (κ3) is 3.80. The summed E-state index contributed by atoms with van der Waals surface area (Å²) < 4.78 is 1.23. The minimum absolute atomic E-state index is 0.677. The number of benzene rings is 1. The summed E-state index contributed by atoms with van der Waals surface area (Å²) in [7, 11) is 0. The number of piperazine rings is 1. The monoisotopic (exact) mass is 296 g/mol. The molecule has 1 aliphatic rings. The highest BCUT2D eigenvalue weighted by atomic mass is 79.9. The standard InChI is InChI=1S/C14H21BrN2/c1-2-5-13-11-17(9-8-16-13)10-12-6-3-4-7-14(12)15/h3-4,6-7,13,16H,2,5,8-11H2,1H3. The van der Waals surface area contributed by atoms with Gasteiger partial charge in [-0.15, -0.1) is 0 Å². The SMILES string of the molecule is CCCC1CN(Cc2ccccc2Br)CCN1. The number of nitrogens with zero attached hydrogens (tertiary/aromatic N) is 1. The van der Waals surface area contributed by atoms with Crippen LogP contribution in [-0.2, 0) is 6.54 Å². The minimum Gasteiger partial charge on any atom is -0.311 e. The van der Waals surface area contributed by atoms with Gasteiger partial charge in [-0.3, -0.25) is 4.90 Å². The summed E-state index contributed by atoms with van der Waals surface area (Å²) >= 11 is 3.63. The molecule has 0 radical (unpaired) electrons. The first-order chi connectivity index (χ1) is 8.29. The van der Waals surface area contributed by atoms with Gasteiger partial charge in [-0.2, -0.15) is 0 Å². The highest BCUT2D eigenvalue weighted by molar-refractivity contribution is 9.10. The summed E-state index contributed by atoms with van der Waals surface area (Å²) in [5.74, 6) is 0. The Hall–Kier alpha value is -0.380. The van der Waals surface area contributed by atoms with E-state index in [1.807, 2.05) is 0 Å². The molecule has 1 aliphatic heterocycles. The number of nitrogens with one attached hydrogen (secondary N) is 1. The van der Waals surface area contributed by atoms with Crippen LogP contribution in [0.2, 0.25) is 0 Å². The third-order valence-corrected chi connectivity index (χ3v) is 4.10. The van der Waals surface area contributed by atoms with Crippen LogP contribution in [0.3, 0.4) is 0 Å². The Bertz CT molecular complexity index is 352. The maximum absolute atomic E-state index is 3.63. The fraction of sp³-hybridized carbons (Fsp3) is 0.571. The highest BCUT2D eigenvalue weighted by Gasteiger charge is 2.18. The van der Waals surface area contributed by atoms with Crippen LogP contribution in [-0.4, -0.2) is 30.6 Å². The van der Waals surface area contributed by atoms with E-state index in [1.165, 1.54) is 29.4 Å². The van der Waals surface area contributed by atoms with Gasteiger partial charge in [0.1, 0.15) is 0 Å². The molecular formula is C14H21BrN2. The number of hydrogen-bond acceptors (Lipinski definition) is 2. The van der Waals surface area contributed by atoms with E-state index in [9.17, 15) is 0 Å². The van der Waals surface area contributed by atoms with Crippen molar-refractivity contribution in [3.63, 3.8) is 0 Å². The lowest BCUT2D eigenvalue weighted by Crippen LogP contribution is -2.50. The number of rotatable bonds is 4. The molecule has 1 fully saturated rings. The van der Waals surface area contributed by atoms with Gasteiger partial charge in [0.2, 0.25) is 0 Å². The van der Waals surface area contributed by atoms with E-state index in [2.05, 4.69) is 57.3 Å². The second-order valence-electron chi connectivity index (χ2n) is 4.77. The molecule has 1 aromatic carbocycles. The van der Waals surface area contributed by atoms with Crippen molar-refractivity contribution in [2.75, 3.05) is 19.6 Å². The minimum atomic E-state index is 0.677. The van der Waals surface area contributed by atoms with E-state index in [-0.39, 0.29) is 0 Å². The van der Waals surface area contributed by atoms with Crippen LogP contribution in [0.4, 0.5) is 0 Å². The fourth-order valence-electron chi connectivity index (χ4n) is 2.45. The van der Waals surface area contributed by atoms with Gasteiger partial charge in [-0.25, -0.2) is 0 Å². The molecule has 2 rings (SSSR count). The Balaban J connectivity index is 1.92. The summed E-state index contributed by atoms with van der Waals surface area (Å²) in [6, 6.07) is 9.20. The third-order valence-electron chi connectivity index (χ3n) is 3.33. The van der Waals surface area contributed by atoms with Crippen molar-refractivity contribution >= 4 is 15.9 Å². The Morgan fingerprint density at radius 2 is 2.24 bits per heavy atom. The summed E-state index contributed by atoms with van der Waals surface area (Å²) in [5.41, 5.74) is 1.39. The largest absolute Gasteiger partial charge is 0.311 e. The molecule has 1 aromatic rings. The normalized spacial score (nSPS) is 21.6. The van der Waals surface area contributed by atoms with E-state index in [1.54, 1.807) is 0 Å². The zero-order chi connectivity index (χ0) is 12.1. The van der Waals surface area contributed by atoms with Gasteiger partial charge in [0.15, 0.2) is 0 Å². The molecule has 1 saturated heterocycles. The smallest absolute Gasteiger partial charge is 0.0246 e. The number of halogens is 1. The lowest BCUT2D eigenvalue weighted by atomic mass is 10.1. The Labute approximate surface area is 113 Å². The van der Waals surface area contributed by atoms with E-state index >= 15 is 0 Å². The zero-order valence-electron chi connectivity index (χ0n) is 10.5. The molecular weight excluding hydrogens is 276 g/mol. The maximum atomic E-state index is 3.63. The molecule has 1 heterocycles. The molecule has 94 valence electrons. The van der Waals surface area contributed by atoms with Crippen LogP contribution < -0.4 is 5.32 Å². The predicted octanol–water partition coefficient (Wildman–Crippen LogP) is 3.02. The molecule has 0 saturated carbocycles. The van der Waals surface area contributed by atoms with Gasteiger partial charge in [-0.05, 0) is 18.1 Å². The van der Waals surface area contributed by atoms with Crippen molar-refractivity contribution < 1.29 is 0 Å². The molecule has 2 nitrogen and oxygen atoms in total. The molecule has 0 bridgehead atoms. The molecule has 1 N–H and O–H groups in total. The second kappa shape index (κ2) is 6.53. The van der Waals surface area contributed by atoms with Crippen LogP contribution in [0, 0.1) is 0 Å². The molecule has 1 unspecified atom stereocenters. The summed E-state index contributed by atoms with van der Waals surface area (Å²) in [6.07, 6.45) is 2.55. The van der Waals surface area contributed by atoms with E-state index in [4.69, 9.17) is 0 Å². The lowest BCUT2D eigenvalue weighted by molar-refractivity contribution is 0.186. The van der Waals surface area contributed by atoms with Gasteiger partial charge in [-0.1, -0.05) is 47.5 Å². The van der Waals surface area contributed by atoms with Crippen molar-refractivity contribution in [1.29, 1.82) is 0 Å². The average Bonchev–Trinajstić information content (AvgIpc) is 2.33. The molecule has 17 heavy (non-hydrogen) atoms. The van der Waals surface area contributed by atoms with Crippen LogP contribution in [0.15, 0.2) is 28.7 Å². The Kier molecular flexibility index (Phi) is 5.01. The Morgan fingerprint density at radius 3 is 3.00 bits per heavy atom. The van der Waals surface area contributed by atoms with Crippen LogP contribution in [0.1, 0.15) is 25.3 Å². The van der Waals surface area contributed by atoms with E-state index in [0.717, 1.165) is 19.6 Å². The first kappa shape index (κ1) is 13.1. The molecule has 0 aromatic heterocycles. The van der Waals surface area contributed by atoms with Crippen molar-refractivity contribution in [3.05, 3.63) is 34.3 Å². The summed E-state index contributed by atoms with van der Waals surface area (Å²) in [4.78, 5) is 2.55. The predicted molar refractivity (Wildman–Crippen MR) is 76.1 cm³/mol. The van der Waals surface area contributed by atoms with E-state index in [0.29, 0.717) is 6.04 Å². The van der Waals surface area contributed by atoms with Crippen molar-refractivity contribution in [2.24, 2.45) is 0 Å². The quantitative estimate of drug-likeness (QED) is 0.919. The molecule has 0 amide bonds. The van der Waals surface area contributed by atoms with Crippen molar-refractivity contribution in [1.82, 2.24) is 10.2 Å². The van der Waals surface area contributed by atoms with Crippen LogP contribution >= 0.6 is 15.9 Å². The van der Waals surface area contributed by atoms with Gasteiger partial charge in [0.05, 0.1) is 0 Å². The van der Waals surface area contributed by atoms with Crippen LogP contribution in [0.25, 0.3) is 0 Å². The topological polar surface area (TPSA) is 15.3 Å². The van der Waals surface area contributed by atoms with Gasteiger partial charge < -0.3 is 5.32 Å². The number of hydrogen-bond donors (Lipinski definition) is 1.